The van der Waals surface area contributed by atoms with Gasteiger partial charge in [-0.15, -0.1) is 0 Å². The summed E-state index contributed by atoms with van der Waals surface area (Å²) in [5.41, 5.74) is -1.95. The van der Waals surface area contributed by atoms with Crippen LogP contribution >= 0.6 is 15.9 Å². The average molecular weight is 276 g/mol. The quantitative estimate of drug-likeness (QED) is 0.561. The summed E-state index contributed by atoms with van der Waals surface area (Å²) in [7, 11) is 0. The molecule has 0 bridgehead atoms. The van der Waals surface area contributed by atoms with Gasteiger partial charge in [-0.25, -0.2) is 13.8 Å². The highest BCUT2D eigenvalue weighted by Crippen LogP contribution is 2.35. The SMILES string of the molecule is FC(F)c1cnc(Br)c(C(F)(F)F)c1. The third kappa shape index (κ3) is 2.40. The van der Waals surface area contributed by atoms with E-state index in [1.54, 1.807) is 0 Å². The van der Waals surface area contributed by atoms with Gasteiger partial charge in [-0.3, -0.25) is 0 Å². The molecule has 0 N–H and O–H groups in total. The fourth-order valence-corrected chi connectivity index (χ4v) is 1.22. The van der Waals surface area contributed by atoms with Crippen LogP contribution in [0.25, 0.3) is 0 Å². The molecular weight excluding hydrogens is 273 g/mol. The zero-order chi connectivity index (χ0) is 10.9. The normalized spacial score (nSPS) is 12.2. The number of hydrogen-bond acceptors (Lipinski definition) is 1. The van der Waals surface area contributed by atoms with Gasteiger partial charge in [0.1, 0.15) is 4.60 Å². The van der Waals surface area contributed by atoms with Crippen molar-refractivity contribution < 1.29 is 22.0 Å². The molecule has 0 saturated heterocycles. The zero-order valence-corrected chi connectivity index (χ0v) is 8.03. The topological polar surface area (TPSA) is 12.9 Å². The molecule has 14 heavy (non-hydrogen) atoms. The Hall–Kier alpha value is -0.720. The van der Waals surface area contributed by atoms with E-state index in [4.69, 9.17) is 0 Å². The number of halogens is 6. The van der Waals surface area contributed by atoms with Crippen LogP contribution in [0.4, 0.5) is 22.0 Å². The van der Waals surface area contributed by atoms with Gasteiger partial charge in [-0.1, -0.05) is 0 Å². The first-order valence-corrected chi connectivity index (χ1v) is 4.12. The van der Waals surface area contributed by atoms with E-state index in [9.17, 15) is 22.0 Å². The molecular formula is C7H3BrF5N. The minimum absolute atomic E-state index is 0.377. The van der Waals surface area contributed by atoms with E-state index < -0.39 is 28.3 Å². The van der Waals surface area contributed by atoms with Crippen LogP contribution in [0.15, 0.2) is 16.9 Å². The Kier molecular flexibility index (Phi) is 3.08. The first kappa shape index (κ1) is 11.4. The summed E-state index contributed by atoms with van der Waals surface area (Å²) in [4.78, 5) is 3.18. The molecule has 0 spiro atoms. The smallest absolute Gasteiger partial charge is 0.248 e. The number of aromatic nitrogens is 1. The maximum atomic E-state index is 12.2. The molecule has 0 aliphatic carbocycles. The largest absolute Gasteiger partial charge is 0.419 e. The van der Waals surface area contributed by atoms with Crippen LogP contribution in [-0.4, -0.2) is 4.98 Å². The fraction of sp³-hybridized carbons (Fsp3) is 0.286. The van der Waals surface area contributed by atoms with Crippen LogP contribution in [0.1, 0.15) is 17.6 Å². The number of rotatable bonds is 1. The number of nitrogens with zero attached hydrogens (tertiary/aromatic N) is 1. The Morgan fingerprint density at radius 1 is 1.29 bits per heavy atom. The van der Waals surface area contributed by atoms with Crippen molar-refractivity contribution in [1.29, 1.82) is 0 Å². The van der Waals surface area contributed by atoms with Gasteiger partial charge in [0.25, 0.3) is 6.43 Å². The average Bonchev–Trinajstić information content (AvgIpc) is 2.02. The summed E-state index contributed by atoms with van der Waals surface area (Å²) in [6.07, 6.45) is -6.95. The lowest BCUT2D eigenvalue weighted by molar-refractivity contribution is -0.138. The van der Waals surface area contributed by atoms with Crippen molar-refractivity contribution in [3.05, 3.63) is 28.0 Å². The maximum absolute atomic E-state index is 12.2. The molecule has 0 amide bonds. The zero-order valence-electron chi connectivity index (χ0n) is 6.45. The predicted octanol–water partition coefficient (Wildman–Crippen LogP) is 3.80. The molecule has 7 heteroatoms. The van der Waals surface area contributed by atoms with Crippen LogP contribution in [0, 0.1) is 0 Å². The van der Waals surface area contributed by atoms with E-state index in [-0.39, 0.29) is 0 Å². The van der Waals surface area contributed by atoms with Crippen LogP contribution in [0.2, 0.25) is 0 Å². The highest BCUT2D eigenvalue weighted by atomic mass is 79.9. The number of pyridine rings is 1. The molecule has 0 saturated carbocycles. The molecule has 1 aromatic heterocycles. The molecule has 0 fully saturated rings. The van der Waals surface area contributed by atoms with Crippen LogP contribution in [-0.2, 0) is 6.18 Å². The molecule has 1 heterocycles. The van der Waals surface area contributed by atoms with E-state index >= 15 is 0 Å². The summed E-state index contributed by atoms with van der Waals surface area (Å²) in [5.74, 6) is 0. The van der Waals surface area contributed by atoms with Crippen molar-refractivity contribution >= 4 is 15.9 Å². The second-order valence-corrected chi connectivity index (χ2v) is 3.16. The number of hydrogen-bond donors (Lipinski definition) is 0. The van der Waals surface area contributed by atoms with Crippen molar-refractivity contribution in [2.45, 2.75) is 12.6 Å². The van der Waals surface area contributed by atoms with Gasteiger partial charge in [0.2, 0.25) is 0 Å². The third-order valence-corrected chi connectivity index (χ3v) is 2.05. The molecule has 0 atom stereocenters. The van der Waals surface area contributed by atoms with Crippen molar-refractivity contribution in [2.75, 3.05) is 0 Å². The van der Waals surface area contributed by atoms with Crippen LogP contribution in [0.5, 0.6) is 0 Å². The first-order chi connectivity index (χ1) is 6.32. The molecule has 1 rings (SSSR count). The van der Waals surface area contributed by atoms with Crippen molar-refractivity contribution in [2.24, 2.45) is 0 Å². The van der Waals surface area contributed by atoms with Crippen LogP contribution < -0.4 is 0 Å². The molecule has 0 unspecified atom stereocenters. The maximum Gasteiger partial charge on any atom is 0.419 e. The molecule has 0 aliphatic heterocycles. The first-order valence-electron chi connectivity index (χ1n) is 3.33. The van der Waals surface area contributed by atoms with Gasteiger partial charge in [0, 0.05) is 11.8 Å². The van der Waals surface area contributed by atoms with Crippen molar-refractivity contribution in [1.82, 2.24) is 4.98 Å². The lowest BCUT2D eigenvalue weighted by Crippen LogP contribution is -2.08. The van der Waals surface area contributed by atoms with Crippen molar-refractivity contribution in [3.8, 4) is 0 Å². The monoisotopic (exact) mass is 275 g/mol. The Labute approximate surface area is 84.1 Å². The second kappa shape index (κ2) is 3.80. The third-order valence-electron chi connectivity index (χ3n) is 1.42. The summed E-state index contributed by atoms with van der Waals surface area (Å²) in [5, 5.41) is 0. The molecule has 0 aliphatic rings. The summed E-state index contributed by atoms with van der Waals surface area (Å²) in [6.45, 7) is 0. The molecule has 0 aromatic carbocycles. The Bertz CT molecular complexity index is 335. The van der Waals surface area contributed by atoms with Gasteiger partial charge in [0.15, 0.2) is 0 Å². The van der Waals surface area contributed by atoms with E-state index in [0.717, 1.165) is 0 Å². The molecule has 0 radical (unpaired) electrons. The predicted molar refractivity (Wildman–Crippen MR) is 41.9 cm³/mol. The Balaban J connectivity index is 3.22. The standard InChI is InChI=1S/C7H3BrF5N/c8-5-4(7(11,12)13)1-3(2-14-5)6(9)10/h1-2,6H. The lowest BCUT2D eigenvalue weighted by Gasteiger charge is -2.09. The van der Waals surface area contributed by atoms with Gasteiger partial charge < -0.3 is 0 Å². The second-order valence-electron chi connectivity index (χ2n) is 2.41. The van der Waals surface area contributed by atoms with Crippen molar-refractivity contribution in [3.63, 3.8) is 0 Å². The summed E-state index contributed by atoms with van der Waals surface area (Å²) < 4.78 is 60.1. The lowest BCUT2D eigenvalue weighted by atomic mass is 10.2. The van der Waals surface area contributed by atoms with Gasteiger partial charge in [-0.05, 0) is 22.0 Å². The Morgan fingerprint density at radius 3 is 2.29 bits per heavy atom. The minimum atomic E-state index is -4.68. The Morgan fingerprint density at radius 2 is 1.86 bits per heavy atom. The fourth-order valence-electron chi connectivity index (χ4n) is 0.782. The van der Waals surface area contributed by atoms with Gasteiger partial charge in [0.05, 0.1) is 5.56 Å². The number of alkyl halides is 5. The summed E-state index contributed by atoms with van der Waals surface area (Å²) >= 11 is 2.54. The summed E-state index contributed by atoms with van der Waals surface area (Å²) in [6, 6.07) is 0.377. The van der Waals surface area contributed by atoms with E-state index in [2.05, 4.69) is 20.9 Å². The van der Waals surface area contributed by atoms with E-state index in [1.165, 1.54) is 0 Å². The molecule has 78 valence electrons. The molecule has 1 nitrogen and oxygen atoms in total. The molecule has 1 aromatic rings. The van der Waals surface area contributed by atoms with Crippen LogP contribution in [0.3, 0.4) is 0 Å². The van der Waals surface area contributed by atoms with E-state index in [0.29, 0.717) is 12.3 Å². The minimum Gasteiger partial charge on any atom is -0.248 e. The highest BCUT2D eigenvalue weighted by Gasteiger charge is 2.34. The highest BCUT2D eigenvalue weighted by molar-refractivity contribution is 9.10. The van der Waals surface area contributed by atoms with Gasteiger partial charge >= 0.3 is 6.18 Å². The van der Waals surface area contributed by atoms with Gasteiger partial charge in [-0.2, -0.15) is 13.2 Å². The van der Waals surface area contributed by atoms with E-state index in [1.807, 2.05) is 0 Å².